The Morgan fingerprint density at radius 1 is 1.36 bits per heavy atom. The number of hydrogen-bond acceptors (Lipinski definition) is 1. The molecule has 0 N–H and O–H groups in total. The number of β-lactam (4-membered cyclic amide) rings is 1. The van der Waals surface area contributed by atoms with Crippen LogP contribution in [0.1, 0.15) is 18.9 Å². The van der Waals surface area contributed by atoms with Crippen LogP contribution in [0.25, 0.3) is 0 Å². The van der Waals surface area contributed by atoms with Crippen molar-refractivity contribution in [3.63, 3.8) is 0 Å². The van der Waals surface area contributed by atoms with E-state index < -0.39 is 0 Å². The van der Waals surface area contributed by atoms with Crippen LogP contribution in [-0.4, -0.2) is 24.4 Å². The van der Waals surface area contributed by atoms with E-state index in [4.69, 9.17) is 0 Å². The van der Waals surface area contributed by atoms with Gasteiger partial charge in [-0.25, -0.2) is 0 Å². The first-order chi connectivity index (χ1) is 6.70. The Morgan fingerprint density at radius 2 is 2.00 bits per heavy atom. The van der Waals surface area contributed by atoms with Crippen molar-refractivity contribution >= 4 is 5.91 Å². The predicted octanol–water partition coefficient (Wildman–Crippen LogP) is 1.81. The Kier molecular flexibility index (Phi) is 2.06. The quantitative estimate of drug-likeness (QED) is 0.650. The summed E-state index contributed by atoms with van der Waals surface area (Å²) in [5.74, 6) is 0.256. The molecule has 1 aromatic carbocycles. The summed E-state index contributed by atoms with van der Waals surface area (Å²) in [6.07, 6.45) is 0.889. The van der Waals surface area contributed by atoms with Gasteiger partial charge in [-0.3, -0.25) is 4.79 Å². The number of hydrogen-bond donors (Lipinski definition) is 0. The molecule has 1 aromatic rings. The van der Waals surface area contributed by atoms with Crippen LogP contribution in [0.4, 0.5) is 0 Å². The first-order valence-electron chi connectivity index (χ1n) is 5.02. The lowest BCUT2D eigenvalue weighted by Gasteiger charge is -2.47. The van der Waals surface area contributed by atoms with E-state index in [9.17, 15) is 4.79 Å². The predicted molar refractivity (Wildman–Crippen MR) is 56.0 cm³/mol. The molecule has 1 aliphatic rings. The van der Waals surface area contributed by atoms with E-state index in [1.54, 1.807) is 4.90 Å². The molecule has 0 unspecified atom stereocenters. The number of carbonyl (C=O) groups excluding carboxylic acids is 1. The summed E-state index contributed by atoms with van der Waals surface area (Å²) in [7, 11) is 1.86. The number of rotatable bonds is 2. The third kappa shape index (κ3) is 1.07. The Labute approximate surface area is 84.5 Å². The van der Waals surface area contributed by atoms with Crippen LogP contribution in [0.15, 0.2) is 30.3 Å². The molecule has 1 saturated heterocycles. The summed E-state index contributed by atoms with van der Waals surface area (Å²) in [5.41, 5.74) is 0.932. The summed E-state index contributed by atoms with van der Waals surface area (Å²) in [4.78, 5) is 13.6. The summed E-state index contributed by atoms with van der Waals surface area (Å²) in [6.45, 7) is 2.93. The normalized spacial score (nSPS) is 26.1. The lowest BCUT2D eigenvalue weighted by atomic mass is 9.71. The van der Waals surface area contributed by atoms with Gasteiger partial charge in [0.2, 0.25) is 5.91 Å². The van der Waals surface area contributed by atoms with Crippen molar-refractivity contribution < 1.29 is 4.79 Å². The largest absolute Gasteiger partial charge is 0.344 e. The Hall–Kier alpha value is -1.31. The zero-order valence-corrected chi connectivity index (χ0v) is 8.66. The van der Waals surface area contributed by atoms with Crippen molar-refractivity contribution in [3.05, 3.63) is 35.9 Å². The summed E-state index contributed by atoms with van der Waals surface area (Å²) in [6, 6.07) is 10.1. The van der Waals surface area contributed by atoms with E-state index in [2.05, 4.69) is 19.1 Å². The monoisotopic (exact) mass is 189 g/mol. The fourth-order valence-corrected chi connectivity index (χ4v) is 2.26. The summed E-state index contributed by atoms with van der Waals surface area (Å²) in [5, 5.41) is 0. The molecule has 1 aliphatic heterocycles. The SMILES string of the molecule is CC[C@@]1(c2ccccc2)CN(C)C1=O. The van der Waals surface area contributed by atoms with Crippen molar-refractivity contribution in [3.8, 4) is 0 Å². The van der Waals surface area contributed by atoms with Crippen LogP contribution < -0.4 is 0 Å². The maximum Gasteiger partial charge on any atom is 0.234 e. The number of likely N-dealkylation sites (tertiary alicyclic amines) is 1. The lowest BCUT2D eigenvalue weighted by Crippen LogP contribution is -2.62. The molecule has 0 bridgehead atoms. The topological polar surface area (TPSA) is 20.3 Å². The van der Waals surface area contributed by atoms with Gasteiger partial charge in [0.15, 0.2) is 0 Å². The van der Waals surface area contributed by atoms with Crippen molar-refractivity contribution in [1.29, 1.82) is 0 Å². The smallest absolute Gasteiger partial charge is 0.234 e. The summed E-state index contributed by atoms with van der Waals surface area (Å²) < 4.78 is 0. The fraction of sp³-hybridized carbons (Fsp3) is 0.417. The maximum atomic E-state index is 11.8. The van der Waals surface area contributed by atoms with Gasteiger partial charge in [-0.15, -0.1) is 0 Å². The zero-order chi connectivity index (χ0) is 10.2. The second-order valence-corrected chi connectivity index (χ2v) is 3.96. The van der Waals surface area contributed by atoms with E-state index in [1.807, 2.05) is 25.2 Å². The highest BCUT2D eigenvalue weighted by molar-refractivity contribution is 5.94. The Balaban J connectivity index is 2.36. The average molecular weight is 189 g/mol. The van der Waals surface area contributed by atoms with Crippen molar-refractivity contribution in [2.75, 3.05) is 13.6 Å². The number of benzene rings is 1. The lowest BCUT2D eigenvalue weighted by molar-refractivity contribution is -0.149. The molecule has 1 heterocycles. The number of carbonyl (C=O) groups is 1. The summed E-state index contributed by atoms with van der Waals surface area (Å²) >= 11 is 0. The standard InChI is InChI=1S/C12H15NO/c1-3-12(9-13(2)11(12)14)10-7-5-4-6-8-10/h4-8H,3,9H2,1-2H3/t12-/m0/s1. The molecule has 2 heteroatoms. The highest BCUT2D eigenvalue weighted by Crippen LogP contribution is 2.37. The van der Waals surface area contributed by atoms with E-state index in [-0.39, 0.29) is 11.3 Å². The molecule has 0 saturated carbocycles. The number of amides is 1. The fourth-order valence-electron chi connectivity index (χ4n) is 2.26. The highest BCUT2D eigenvalue weighted by atomic mass is 16.2. The van der Waals surface area contributed by atoms with Gasteiger partial charge in [0, 0.05) is 13.6 Å². The average Bonchev–Trinajstić information content (AvgIpc) is 2.26. The minimum Gasteiger partial charge on any atom is -0.344 e. The molecule has 0 radical (unpaired) electrons. The Morgan fingerprint density at radius 3 is 2.43 bits per heavy atom. The molecule has 1 fully saturated rings. The second-order valence-electron chi connectivity index (χ2n) is 3.96. The Bertz CT molecular complexity index is 347. The van der Waals surface area contributed by atoms with E-state index in [0.717, 1.165) is 18.5 Å². The van der Waals surface area contributed by atoms with Gasteiger partial charge in [0.25, 0.3) is 0 Å². The minimum atomic E-state index is -0.226. The molecule has 1 atom stereocenters. The highest BCUT2D eigenvalue weighted by Gasteiger charge is 2.49. The van der Waals surface area contributed by atoms with E-state index in [1.165, 1.54) is 0 Å². The van der Waals surface area contributed by atoms with Crippen molar-refractivity contribution in [2.45, 2.75) is 18.8 Å². The second kappa shape index (κ2) is 3.12. The first kappa shape index (κ1) is 9.25. The van der Waals surface area contributed by atoms with Crippen LogP contribution in [0.3, 0.4) is 0 Å². The molecule has 1 amide bonds. The molecular weight excluding hydrogens is 174 g/mol. The van der Waals surface area contributed by atoms with Crippen molar-refractivity contribution in [2.24, 2.45) is 0 Å². The van der Waals surface area contributed by atoms with Gasteiger partial charge in [0.05, 0.1) is 5.41 Å². The molecular formula is C12H15NO. The molecule has 14 heavy (non-hydrogen) atoms. The van der Waals surface area contributed by atoms with Crippen LogP contribution in [0, 0.1) is 0 Å². The molecule has 74 valence electrons. The van der Waals surface area contributed by atoms with Gasteiger partial charge < -0.3 is 4.90 Å². The van der Waals surface area contributed by atoms with Gasteiger partial charge >= 0.3 is 0 Å². The molecule has 0 aliphatic carbocycles. The van der Waals surface area contributed by atoms with Gasteiger partial charge in [0.1, 0.15) is 0 Å². The molecule has 0 spiro atoms. The van der Waals surface area contributed by atoms with Crippen molar-refractivity contribution in [1.82, 2.24) is 4.90 Å². The zero-order valence-electron chi connectivity index (χ0n) is 8.66. The van der Waals surface area contributed by atoms with Crippen LogP contribution in [0.2, 0.25) is 0 Å². The third-order valence-electron chi connectivity index (χ3n) is 3.19. The maximum absolute atomic E-state index is 11.8. The van der Waals surface area contributed by atoms with Crippen LogP contribution >= 0.6 is 0 Å². The molecule has 2 rings (SSSR count). The number of nitrogens with zero attached hydrogens (tertiary/aromatic N) is 1. The van der Waals surface area contributed by atoms with Gasteiger partial charge in [-0.1, -0.05) is 37.3 Å². The first-order valence-corrected chi connectivity index (χ1v) is 5.02. The van der Waals surface area contributed by atoms with Gasteiger partial charge in [-0.05, 0) is 12.0 Å². The van der Waals surface area contributed by atoms with E-state index >= 15 is 0 Å². The van der Waals surface area contributed by atoms with E-state index in [0.29, 0.717) is 0 Å². The number of likely N-dealkylation sites (N-methyl/N-ethyl adjacent to an activating group) is 1. The molecule has 0 aromatic heterocycles. The van der Waals surface area contributed by atoms with Crippen LogP contribution in [-0.2, 0) is 10.2 Å². The van der Waals surface area contributed by atoms with Crippen LogP contribution in [0.5, 0.6) is 0 Å². The van der Waals surface area contributed by atoms with Gasteiger partial charge in [-0.2, -0.15) is 0 Å². The minimum absolute atomic E-state index is 0.226. The molecule has 2 nitrogen and oxygen atoms in total. The third-order valence-corrected chi connectivity index (χ3v) is 3.19.